The van der Waals surface area contributed by atoms with Crippen LogP contribution in [0.5, 0.6) is 5.75 Å². The summed E-state index contributed by atoms with van der Waals surface area (Å²) >= 11 is 0. The molecule has 0 spiro atoms. The molecular formula is C25H27N5O3. The lowest BCUT2D eigenvalue weighted by atomic mass is 10.1. The second-order valence-electron chi connectivity index (χ2n) is 7.92. The van der Waals surface area contributed by atoms with Crippen LogP contribution in [0.1, 0.15) is 29.9 Å². The molecule has 1 atom stereocenters. The van der Waals surface area contributed by atoms with Crippen LogP contribution >= 0.6 is 0 Å². The van der Waals surface area contributed by atoms with E-state index >= 15 is 0 Å². The van der Waals surface area contributed by atoms with Crippen LogP contribution in [-0.4, -0.2) is 39.1 Å². The number of benzene rings is 2. The zero-order valence-electron chi connectivity index (χ0n) is 19.2. The Morgan fingerprint density at radius 3 is 2.48 bits per heavy atom. The Kier molecular flexibility index (Phi) is 6.26. The Labute approximate surface area is 191 Å². The molecule has 1 N–H and O–H groups in total. The van der Waals surface area contributed by atoms with Gasteiger partial charge in [0.05, 0.1) is 29.6 Å². The summed E-state index contributed by atoms with van der Waals surface area (Å²) in [4.78, 5) is 26.0. The Morgan fingerprint density at radius 2 is 1.76 bits per heavy atom. The Hall–Kier alpha value is -3.94. The summed E-state index contributed by atoms with van der Waals surface area (Å²) in [5.41, 5.74) is 3.26. The van der Waals surface area contributed by atoms with Crippen molar-refractivity contribution in [2.45, 2.75) is 33.2 Å². The maximum atomic E-state index is 13.2. The van der Waals surface area contributed by atoms with Crippen molar-refractivity contribution in [1.82, 2.24) is 24.9 Å². The van der Waals surface area contributed by atoms with Crippen LogP contribution in [0, 0.1) is 13.8 Å². The standard InChI is InChI=1S/C25H27N5O3/c1-16-22-17(2)29(20-11-6-5-7-12-20)28-23(22)25(32)30(27-16)18(3)24(31)26-15-14-19-10-8-9-13-21(19)33-4/h5-13,18H,14-15H2,1-4H3,(H,26,31)/t18-/m0/s1. The predicted molar refractivity (Wildman–Crippen MR) is 127 cm³/mol. The third-order valence-electron chi connectivity index (χ3n) is 5.78. The average molecular weight is 446 g/mol. The number of rotatable bonds is 7. The van der Waals surface area contributed by atoms with Gasteiger partial charge in [-0.2, -0.15) is 10.2 Å². The molecule has 0 fully saturated rings. The van der Waals surface area contributed by atoms with Gasteiger partial charge in [0.25, 0.3) is 5.56 Å². The maximum Gasteiger partial charge on any atom is 0.295 e. The predicted octanol–water partition coefficient (Wildman–Crippen LogP) is 3.13. The van der Waals surface area contributed by atoms with Gasteiger partial charge in [0, 0.05) is 6.54 Å². The molecule has 4 aromatic rings. The quantitative estimate of drug-likeness (QED) is 0.472. The molecule has 2 aromatic heterocycles. The van der Waals surface area contributed by atoms with Crippen molar-refractivity contribution < 1.29 is 9.53 Å². The fourth-order valence-electron chi connectivity index (χ4n) is 4.02. The Balaban J connectivity index is 1.58. The summed E-state index contributed by atoms with van der Waals surface area (Å²) in [6, 6.07) is 16.5. The summed E-state index contributed by atoms with van der Waals surface area (Å²) in [5.74, 6) is 0.501. The molecule has 2 heterocycles. The minimum atomic E-state index is -0.777. The highest BCUT2D eigenvalue weighted by Crippen LogP contribution is 2.22. The number of fused-ring (bicyclic) bond motifs is 1. The second-order valence-corrected chi connectivity index (χ2v) is 7.92. The van der Waals surface area contributed by atoms with Gasteiger partial charge in [0.1, 0.15) is 11.8 Å². The van der Waals surface area contributed by atoms with Crippen LogP contribution in [0.2, 0.25) is 0 Å². The van der Waals surface area contributed by atoms with Gasteiger partial charge in [-0.05, 0) is 51.0 Å². The number of hydrogen-bond donors (Lipinski definition) is 1. The monoisotopic (exact) mass is 445 g/mol. The number of aromatic nitrogens is 4. The first-order chi connectivity index (χ1) is 15.9. The molecule has 0 aliphatic rings. The second kappa shape index (κ2) is 9.28. The van der Waals surface area contributed by atoms with E-state index in [0.717, 1.165) is 22.7 Å². The lowest BCUT2D eigenvalue weighted by Gasteiger charge is -2.15. The number of amides is 1. The number of nitrogens with zero attached hydrogens (tertiary/aromatic N) is 4. The van der Waals surface area contributed by atoms with Crippen LogP contribution in [0.15, 0.2) is 59.4 Å². The van der Waals surface area contributed by atoms with E-state index in [1.165, 1.54) is 4.68 Å². The van der Waals surface area contributed by atoms with Gasteiger partial charge in [0.15, 0.2) is 5.52 Å². The maximum absolute atomic E-state index is 13.2. The smallest absolute Gasteiger partial charge is 0.295 e. The molecule has 0 saturated carbocycles. The molecule has 2 aromatic carbocycles. The van der Waals surface area contributed by atoms with E-state index in [2.05, 4.69) is 15.5 Å². The minimum Gasteiger partial charge on any atom is -0.496 e. The highest BCUT2D eigenvalue weighted by molar-refractivity contribution is 5.84. The molecule has 0 saturated heterocycles. The van der Waals surface area contributed by atoms with Crippen molar-refractivity contribution in [3.63, 3.8) is 0 Å². The molecule has 8 heteroatoms. The van der Waals surface area contributed by atoms with Gasteiger partial charge < -0.3 is 10.1 Å². The lowest BCUT2D eigenvalue weighted by molar-refractivity contribution is -0.124. The van der Waals surface area contributed by atoms with E-state index in [1.54, 1.807) is 18.7 Å². The summed E-state index contributed by atoms with van der Waals surface area (Å²) in [6.45, 7) is 5.82. The van der Waals surface area contributed by atoms with E-state index in [4.69, 9.17) is 4.74 Å². The lowest BCUT2D eigenvalue weighted by Crippen LogP contribution is -2.38. The number of aryl methyl sites for hydroxylation is 2. The van der Waals surface area contributed by atoms with Crippen molar-refractivity contribution in [2.24, 2.45) is 0 Å². The van der Waals surface area contributed by atoms with Gasteiger partial charge in [0.2, 0.25) is 5.91 Å². The van der Waals surface area contributed by atoms with Crippen molar-refractivity contribution in [3.8, 4) is 11.4 Å². The number of carbonyl (C=O) groups excluding carboxylic acids is 1. The molecule has 0 unspecified atom stereocenters. The molecule has 170 valence electrons. The zero-order valence-corrected chi connectivity index (χ0v) is 19.2. The van der Waals surface area contributed by atoms with Crippen LogP contribution in [-0.2, 0) is 11.2 Å². The van der Waals surface area contributed by atoms with Crippen molar-refractivity contribution in [1.29, 1.82) is 0 Å². The van der Waals surface area contributed by atoms with Gasteiger partial charge >= 0.3 is 0 Å². The van der Waals surface area contributed by atoms with Crippen LogP contribution in [0.3, 0.4) is 0 Å². The third-order valence-corrected chi connectivity index (χ3v) is 5.78. The number of nitrogens with one attached hydrogen (secondary N) is 1. The normalized spacial score (nSPS) is 12.0. The summed E-state index contributed by atoms with van der Waals surface area (Å²) < 4.78 is 8.32. The zero-order chi connectivity index (χ0) is 23.5. The van der Waals surface area contributed by atoms with Crippen LogP contribution in [0.4, 0.5) is 0 Å². The molecule has 0 radical (unpaired) electrons. The van der Waals surface area contributed by atoms with Crippen molar-refractivity contribution in [2.75, 3.05) is 13.7 Å². The van der Waals surface area contributed by atoms with E-state index in [1.807, 2.05) is 68.4 Å². The summed E-state index contributed by atoms with van der Waals surface area (Å²) in [6.07, 6.45) is 0.615. The molecule has 0 bridgehead atoms. The van der Waals surface area contributed by atoms with E-state index in [0.29, 0.717) is 29.6 Å². The van der Waals surface area contributed by atoms with Crippen LogP contribution in [0.25, 0.3) is 16.6 Å². The van der Waals surface area contributed by atoms with E-state index in [-0.39, 0.29) is 11.5 Å². The minimum absolute atomic E-state index is 0.280. The van der Waals surface area contributed by atoms with Gasteiger partial charge in [-0.3, -0.25) is 9.59 Å². The number of para-hydroxylation sites is 2. The molecular weight excluding hydrogens is 418 g/mol. The fraction of sp³-hybridized carbons (Fsp3) is 0.280. The number of hydrogen-bond acceptors (Lipinski definition) is 5. The van der Waals surface area contributed by atoms with Crippen molar-refractivity contribution in [3.05, 3.63) is 81.9 Å². The van der Waals surface area contributed by atoms with Gasteiger partial charge in [-0.15, -0.1) is 0 Å². The molecule has 1 amide bonds. The number of ether oxygens (including phenoxy) is 1. The van der Waals surface area contributed by atoms with E-state index in [9.17, 15) is 9.59 Å². The number of carbonyl (C=O) groups is 1. The highest BCUT2D eigenvalue weighted by Gasteiger charge is 2.23. The molecule has 0 aliphatic carbocycles. The molecule has 33 heavy (non-hydrogen) atoms. The molecule has 4 rings (SSSR count). The SMILES string of the molecule is COc1ccccc1CCNC(=O)[C@H](C)n1nc(C)c2c(C)n(-c3ccccc3)nc2c1=O. The van der Waals surface area contributed by atoms with Gasteiger partial charge in [-0.1, -0.05) is 36.4 Å². The number of methoxy groups -OCH3 is 1. The first-order valence-corrected chi connectivity index (χ1v) is 10.9. The highest BCUT2D eigenvalue weighted by atomic mass is 16.5. The first-order valence-electron chi connectivity index (χ1n) is 10.9. The summed E-state index contributed by atoms with van der Waals surface area (Å²) in [7, 11) is 1.62. The van der Waals surface area contributed by atoms with Crippen molar-refractivity contribution >= 4 is 16.8 Å². The topological polar surface area (TPSA) is 91.0 Å². The fourth-order valence-corrected chi connectivity index (χ4v) is 4.02. The van der Waals surface area contributed by atoms with Crippen LogP contribution < -0.4 is 15.6 Å². The van der Waals surface area contributed by atoms with E-state index < -0.39 is 6.04 Å². The summed E-state index contributed by atoms with van der Waals surface area (Å²) in [5, 5.41) is 12.6. The molecule has 0 aliphatic heterocycles. The largest absolute Gasteiger partial charge is 0.496 e. The Morgan fingerprint density at radius 1 is 1.06 bits per heavy atom. The van der Waals surface area contributed by atoms with Gasteiger partial charge in [-0.25, -0.2) is 9.36 Å². The first kappa shape index (κ1) is 22.3. The molecule has 8 nitrogen and oxygen atoms in total. The average Bonchev–Trinajstić information content (AvgIpc) is 3.19. The third kappa shape index (κ3) is 4.24. The Bertz CT molecular complexity index is 1360.